The number of nitrogens with one attached hydrogen (secondary N) is 1. The van der Waals surface area contributed by atoms with Crippen LogP contribution >= 0.6 is 11.8 Å². The molecule has 0 spiro atoms. The number of carbonyl (C=O) groups excluding carboxylic acids is 1. The summed E-state index contributed by atoms with van der Waals surface area (Å²) in [5.41, 5.74) is -0.623. The second-order valence-corrected chi connectivity index (χ2v) is 7.36. The normalized spacial score (nSPS) is 11.8. The van der Waals surface area contributed by atoms with Crippen LogP contribution in [0.2, 0.25) is 0 Å². The maximum Gasteiger partial charge on any atom is 0.416 e. The van der Waals surface area contributed by atoms with E-state index in [4.69, 9.17) is 9.47 Å². The molecular formula is C20H18F5N3O3S. The number of amides is 1. The first-order valence-electron chi connectivity index (χ1n) is 9.21. The quantitative estimate of drug-likeness (QED) is 0.262. The van der Waals surface area contributed by atoms with Crippen LogP contribution in [0.5, 0.6) is 5.75 Å². The molecule has 0 radical (unpaired) electrons. The molecule has 6 nitrogen and oxygen atoms in total. The molecular weight excluding hydrogens is 457 g/mol. The topological polar surface area (TPSA) is 65.4 Å². The summed E-state index contributed by atoms with van der Waals surface area (Å²) in [6.45, 7) is -2.64. The van der Waals surface area contributed by atoms with Gasteiger partial charge in [-0.05, 0) is 30.3 Å². The Morgan fingerprint density at radius 1 is 1.19 bits per heavy atom. The van der Waals surface area contributed by atoms with Crippen LogP contribution < -0.4 is 10.1 Å². The average Bonchev–Trinajstić information content (AvgIpc) is 3.11. The predicted octanol–water partition coefficient (Wildman–Crippen LogP) is 5.21. The monoisotopic (exact) mass is 475 g/mol. The average molecular weight is 475 g/mol. The Labute approximate surface area is 183 Å². The number of nitrogens with zero attached hydrogens (tertiary/aromatic N) is 2. The third-order valence-electron chi connectivity index (χ3n) is 4.22. The first-order valence-corrected chi connectivity index (χ1v) is 10.2. The summed E-state index contributed by atoms with van der Waals surface area (Å²) in [6, 6.07) is 8.94. The summed E-state index contributed by atoms with van der Waals surface area (Å²) >= 11 is 0.742. The Morgan fingerprint density at radius 2 is 1.94 bits per heavy atom. The third kappa shape index (κ3) is 5.68. The highest BCUT2D eigenvalue weighted by Gasteiger charge is 2.31. The molecule has 12 heteroatoms. The van der Waals surface area contributed by atoms with Crippen molar-refractivity contribution in [1.29, 1.82) is 0 Å². The first-order chi connectivity index (χ1) is 15.2. The van der Waals surface area contributed by atoms with Crippen LogP contribution in [-0.2, 0) is 15.7 Å². The molecule has 0 aliphatic carbocycles. The number of halogens is 5. The van der Waals surface area contributed by atoms with E-state index in [2.05, 4.69) is 10.3 Å². The Morgan fingerprint density at radius 3 is 2.62 bits per heavy atom. The van der Waals surface area contributed by atoms with Gasteiger partial charge in [0.2, 0.25) is 5.91 Å². The van der Waals surface area contributed by atoms with E-state index in [1.165, 1.54) is 13.2 Å². The van der Waals surface area contributed by atoms with E-state index >= 15 is 0 Å². The van der Waals surface area contributed by atoms with E-state index in [1.54, 1.807) is 18.2 Å². The van der Waals surface area contributed by atoms with Gasteiger partial charge in [0.15, 0.2) is 5.16 Å². The number of methoxy groups -OCH3 is 1. The van der Waals surface area contributed by atoms with E-state index in [0.717, 1.165) is 30.0 Å². The summed E-state index contributed by atoms with van der Waals surface area (Å²) in [7, 11) is 1.43. The molecule has 0 saturated carbocycles. The second kappa shape index (κ2) is 10.2. The largest absolute Gasteiger partial charge is 0.489 e. The van der Waals surface area contributed by atoms with E-state index in [0.29, 0.717) is 10.1 Å². The molecule has 0 unspecified atom stereocenters. The molecule has 1 N–H and O–H groups in total. The third-order valence-corrected chi connectivity index (χ3v) is 5.17. The molecule has 0 bridgehead atoms. The summed E-state index contributed by atoms with van der Waals surface area (Å²) in [5, 5.41) is 2.27. The zero-order valence-corrected chi connectivity index (χ0v) is 17.5. The van der Waals surface area contributed by atoms with Gasteiger partial charge in [-0.1, -0.05) is 23.9 Å². The minimum Gasteiger partial charge on any atom is -0.489 e. The fourth-order valence-electron chi connectivity index (χ4n) is 2.79. The van der Waals surface area contributed by atoms with Crippen molar-refractivity contribution < 1.29 is 36.2 Å². The summed E-state index contributed by atoms with van der Waals surface area (Å²) in [5.74, 6) is -1.05. The molecule has 3 aromatic rings. The number of para-hydroxylation sites is 2. The molecule has 172 valence electrons. The summed E-state index contributed by atoms with van der Waals surface area (Å²) < 4.78 is 77.1. The highest BCUT2D eigenvalue weighted by molar-refractivity contribution is 7.99. The predicted molar refractivity (Wildman–Crippen MR) is 109 cm³/mol. The number of thioether (sulfide) groups is 1. The van der Waals surface area contributed by atoms with E-state index < -0.39 is 24.2 Å². The van der Waals surface area contributed by atoms with Gasteiger partial charge in [0, 0.05) is 7.11 Å². The summed E-state index contributed by atoms with van der Waals surface area (Å²) in [6.07, 6.45) is -4.62. The molecule has 1 aromatic heterocycles. The highest BCUT2D eigenvalue weighted by Crippen LogP contribution is 2.35. The number of aromatic nitrogens is 2. The molecule has 32 heavy (non-hydrogen) atoms. The minimum atomic E-state index is -4.62. The van der Waals surface area contributed by atoms with Gasteiger partial charge in [0.1, 0.15) is 12.4 Å². The fourth-order valence-corrected chi connectivity index (χ4v) is 3.61. The van der Waals surface area contributed by atoms with Crippen molar-refractivity contribution in [3.8, 4) is 5.75 Å². The van der Waals surface area contributed by atoms with Gasteiger partial charge in [-0.25, -0.2) is 4.98 Å². The van der Waals surface area contributed by atoms with Crippen LogP contribution in [0.3, 0.4) is 0 Å². The van der Waals surface area contributed by atoms with Gasteiger partial charge in [-0.2, -0.15) is 22.0 Å². The molecule has 0 atom stereocenters. The SMILES string of the molecule is COCCOc1ccc(C(F)(F)F)cc1NC(=O)CSc1nc2ccccc2n1C(F)F. The van der Waals surface area contributed by atoms with Crippen LogP contribution in [0.25, 0.3) is 11.0 Å². The number of rotatable bonds is 9. The zero-order chi connectivity index (χ0) is 23.3. The number of alkyl halides is 5. The van der Waals surface area contributed by atoms with Gasteiger partial charge in [0.25, 0.3) is 0 Å². The smallest absolute Gasteiger partial charge is 0.416 e. The number of anilines is 1. The molecule has 1 heterocycles. The van der Waals surface area contributed by atoms with E-state index in [9.17, 15) is 26.7 Å². The van der Waals surface area contributed by atoms with Crippen LogP contribution in [-0.4, -0.2) is 41.5 Å². The Kier molecular flexibility index (Phi) is 7.56. The van der Waals surface area contributed by atoms with Gasteiger partial charge < -0.3 is 14.8 Å². The second-order valence-electron chi connectivity index (χ2n) is 6.42. The molecule has 3 rings (SSSR count). The van der Waals surface area contributed by atoms with Crippen molar-refractivity contribution in [2.45, 2.75) is 17.9 Å². The van der Waals surface area contributed by atoms with Crippen LogP contribution in [0.4, 0.5) is 27.6 Å². The fraction of sp³-hybridized carbons (Fsp3) is 0.300. The lowest BCUT2D eigenvalue weighted by molar-refractivity contribution is -0.137. The van der Waals surface area contributed by atoms with Crippen LogP contribution in [0, 0.1) is 0 Å². The minimum absolute atomic E-state index is 0.0215. The lowest BCUT2D eigenvalue weighted by Crippen LogP contribution is -2.17. The van der Waals surface area contributed by atoms with Crippen LogP contribution in [0.15, 0.2) is 47.6 Å². The van der Waals surface area contributed by atoms with Crippen molar-refractivity contribution in [2.24, 2.45) is 0 Å². The number of benzene rings is 2. The molecule has 0 saturated heterocycles. The number of imidazole rings is 1. The lowest BCUT2D eigenvalue weighted by atomic mass is 10.1. The number of ether oxygens (including phenoxy) is 2. The number of hydrogen-bond acceptors (Lipinski definition) is 5. The van der Waals surface area contributed by atoms with E-state index in [1.807, 2.05) is 0 Å². The number of fused-ring (bicyclic) bond motifs is 1. The first kappa shape index (κ1) is 23.8. The van der Waals surface area contributed by atoms with Gasteiger partial charge in [-0.15, -0.1) is 0 Å². The van der Waals surface area contributed by atoms with E-state index in [-0.39, 0.29) is 41.1 Å². The van der Waals surface area contributed by atoms with Crippen molar-refractivity contribution in [3.63, 3.8) is 0 Å². The maximum atomic E-state index is 13.5. The zero-order valence-electron chi connectivity index (χ0n) is 16.7. The molecule has 0 aliphatic heterocycles. The van der Waals surface area contributed by atoms with Crippen molar-refractivity contribution >= 4 is 34.4 Å². The molecule has 0 fully saturated rings. The molecule has 2 aromatic carbocycles. The Balaban J connectivity index is 1.77. The molecule has 1 amide bonds. The van der Waals surface area contributed by atoms with Crippen molar-refractivity contribution in [2.75, 3.05) is 31.4 Å². The van der Waals surface area contributed by atoms with Crippen molar-refractivity contribution in [1.82, 2.24) is 9.55 Å². The summed E-state index contributed by atoms with van der Waals surface area (Å²) in [4.78, 5) is 16.5. The van der Waals surface area contributed by atoms with Crippen molar-refractivity contribution in [3.05, 3.63) is 48.0 Å². The van der Waals surface area contributed by atoms with Gasteiger partial charge in [0.05, 0.1) is 34.6 Å². The molecule has 0 aliphatic rings. The Hall–Kier alpha value is -2.86. The standard InChI is InChI=1S/C20H18F5N3O3S/c1-30-8-9-31-16-7-6-12(20(23,24)25)10-14(16)26-17(29)11-32-19-27-13-4-2-3-5-15(13)28(19)18(21)22/h2-7,10,18H,8-9,11H2,1H3,(H,26,29). The number of hydrogen-bond donors (Lipinski definition) is 1. The van der Waals surface area contributed by atoms with Gasteiger partial charge in [-0.3, -0.25) is 9.36 Å². The maximum absolute atomic E-state index is 13.5. The van der Waals surface area contributed by atoms with Gasteiger partial charge >= 0.3 is 12.7 Å². The van der Waals surface area contributed by atoms with Crippen LogP contribution in [0.1, 0.15) is 12.1 Å². The lowest BCUT2D eigenvalue weighted by Gasteiger charge is -2.15. The number of carbonyl (C=O) groups is 1. The highest BCUT2D eigenvalue weighted by atomic mass is 32.2. The Bertz CT molecular complexity index is 1090.